The molecule has 2 bridgehead atoms. The molecular formula is C74H94N13O15PS. The summed E-state index contributed by atoms with van der Waals surface area (Å²) >= 11 is 1.40. The zero-order chi connectivity index (χ0) is 74.5. The number of carboxylic acids is 1. The third-order valence-electron chi connectivity index (χ3n) is 20.0. The molecule has 30 heteroatoms. The molecule has 3 aromatic carbocycles. The number of nitrogens with zero attached hydrogens (tertiary/aromatic N) is 7. The minimum absolute atomic E-state index is 0.0279. The topological polar surface area (TPSA) is 389 Å². The van der Waals surface area contributed by atoms with Crippen molar-refractivity contribution in [1.82, 2.24) is 45.5 Å². The molecule has 4 atom stereocenters. The monoisotopic (exact) mass is 1470 g/mol. The standard InChI is InChI=1S/C74H94N13O15PS/c1-47(2)63(82-60(88)19-7-6-10-34-86-61(89)28-29-62(86)90)66(92)80-57(17-11-33-76-68(75)95)65(91)78-52-24-20-49(21-25-52)43-101-71(97)84(38-40-103(98,99)100)37-39-102-74(45-72(4)30-13-31-73(5,44-72)46-74)32-14-36-87-48(3)54(42-77-87)53-26-27-55(79-64(53)67(93)94)51-23-22-50-15-12-35-85(58(50)41-51)70(96)83-69-81-56-16-8-9-18-59(56)104-69/h8-9,16,18,20-29,41-42,47,57,63H,6-7,10-15,17,19,30-40,43-46H2,1-5H3,(H,78,91)(H,80,92)(H,82,88)(H,93,94)(H3,75,76,95)(H,81,83,96)(H2,98,99,100)/t57-,63-,72?,73?,74?/m0/s1. The van der Waals surface area contributed by atoms with E-state index in [1.54, 1.807) is 61.3 Å². The number of para-hydroxylation sites is 1. The van der Waals surface area contributed by atoms with Gasteiger partial charge in [-0.15, -0.1) is 0 Å². The molecule has 2 unspecified atom stereocenters. The van der Waals surface area contributed by atoms with Gasteiger partial charge in [-0.25, -0.2) is 29.1 Å². The number of aryl methyl sites for hydroxylation is 2. The Morgan fingerprint density at radius 1 is 0.808 bits per heavy atom. The highest BCUT2D eigenvalue weighted by atomic mass is 32.1. The van der Waals surface area contributed by atoms with Crippen LogP contribution < -0.4 is 37.2 Å². The van der Waals surface area contributed by atoms with Crippen molar-refractivity contribution in [1.29, 1.82) is 0 Å². The molecule has 10 amide bonds. The molecule has 2 saturated carbocycles. The number of imide groups is 1. The first kappa shape index (κ1) is 77.2. The van der Waals surface area contributed by atoms with Crippen molar-refractivity contribution in [2.75, 3.05) is 61.0 Å². The average Bonchev–Trinajstić information content (AvgIpc) is 0.997. The van der Waals surface area contributed by atoms with Crippen LogP contribution in [0.4, 0.5) is 30.9 Å². The average molecular weight is 1470 g/mol. The van der Waals surface area contributed by atoms with Gasteiger partial charge in [-0.3, -0.25) is 48.3 Å². The Morgan fingerprint density at radius 3 is 2.25 bits per heavy atom. The molecule has 3 aromatic heterocycles. The Balaban J connectivity index is 0.750. The number of aromatic nitrogens is 4. The number of anilines is 3. The SMILES string of the molecule is Cc1c(-c2ccc(-c3ccc4c(c3)N(C(=O)Nc3nc5ccccc5s3)CCC4)nc2C(=O)O)cnn1CCCC1(OCCN(CCP(=O)(O)O)C(=O)OCc2ccc(NC(=O)[C@H](CCCNC(N)=O)NC(=O)[C@@H](NC(=O)CCCCCN3C(=O)C=CC3=O)C(C)C)cc2)CC2(C)CCCC(C)(C2)C1. The second kappa shape index (κ2) is 34.0. The van der Waals surface area contributed by atoms with Crippen molar-refractivity contribution in [3.8, 4) is 22.4 Å². The van der Waals surface area contributed by atoms with Crippen molar-refractivity contribution >= 4 is 99.3 Å². The number of nitrogens with one attached hydrogen (secondary N) is 5. The van der Waals surface area contributed by atoms with Crippen LogP contribution in [0.1, 0.15) is 151 Å². The van der Waals surface area contributed by atoms with Gasteiger partial charge >= 0.3 is 31.7 Å². The maximum absolute atomic E-state index is 14.0. The Bertz CT molecular complexity index is 4180. The molecule has 0 saturated heterocycles. The number of pyridine rings is 1. The van der Waals surface area contributed by atoms with Crippen LogP contribution in [0.5, 0.6) is 0 Å². The summed E-state index contributed by atoms with van der Waals surface area (Å²) in [5, 5.41) is 29.7. The fourth-order valence-electron chi connectivity index (χ4n) is 15.2. The van der Waals surface area contributed by atoms with Crippen LogP contribution in [0.3, 0.4) is 0 Å². The van der Waals surface area contributed by atoms with Gasteiger partial charge in [-0.05, 0) is 161 Å². The fraction of sp³-hybridized carbons (Fsp3) is 0.486. The van der Waals surface area contributed by atoms with E-state index in [4.69, 9.17) is 25.3 Å². The number of rotatable bonds is 33. The van der Waals surface area contributed by atoms with Gasteiger partial charge in [0.25, 0.3) is 11.8 Å². The number of carbonyl (C=O) groups excluding carboxylic acids is 8. The summed E-state index contributed by atoms with van der Waals surface area (Å²) in [6.45, 7) is 10.7. The summed E-state index contributed by atoms with van der Waals surface area (Å²) in [6, 6.07) is 20.1. The summed E-state index contributed by atoms with van der Waals surface area (Å²) in [6.07, 6.45) is 13.0. The van der Waals surface area contributed by atoms with Crippen LogP contribution in [0, 0.1) is 23.7 Å². The Kier molecular flexibility index (Phi) is 25.3. The lowest BCUT2D eigenvalue weighted by molar-refractivity contribution is -0.160. The molecule has 2 aliphatic heterocycles. The van der Waals surface area contributed by atoms with E-state index >= 15 is 0 Å². The molecule has 10 rings (SSSR count). The van der Waals surface area contributed by atoms with Crippen molar-refractivity contribution in [3.05, 3.63) is 120 Å². The Morgan fingerprint density at radius 2 is 1.55 bits per heavy atom. The van der Waals surface area contributed by atoms with E-state index in [2.05, 4.69) is 45.4 Å². The Hall–Kier alpha value is -9.41. The predicted molar refractivity (Wildman–Crippen MR) is 392 cm³/mol. The highest BCUT2D eigenvalue weighted by Crippen LogP contribution is 2.60. The van der Waals surface area contributed by atoms with Crippen LogP contribution in [0.25, 0.3) is 32.6 Å². The largest absolute Gasteiger partial charge is 0.476 e. The number of aromatic carboxylic acids is 1. The van der Waals surface area contributed by atoms with Crippen molar-refractivity contribution in [3.63, 3.8) is 0 Å². The number of nitrogens with two attached hydrogens (primary N) is 1. The number of carboxylic acid groups (broad SMARTS) is 1. The van der Waals surface area contributed by atoms with Crippen molar-refractivity contribution in [2.45, 2.75) is 168 Å². The minimum atomic E-state index is -4.58. The smallest absolute Gasteiger partial charge is 0.410 e. The van der Waals surface area contributed by atoms with E-state index in [9.17, 15) is 62.6 Å². The molecule has 6 aromatic rings. The number of ether oxygens (including phenoxy) is 2. The maximum atomic E-state index is 14.0. The van der Waals surface area contributed by atoms with Crippen LogP contribution in [0.2, 0.25) is 0 Å². The maximum Gasteiger partial charge on any atom is 0.410 e. The molecule has 0 radical (unpaired) electrons. The molecule has 10 N–H and O–H groups in total. The number of carbonyl (C=O) groups is 9. The van der Waals surface area contributed by atoms with Crippen LogP contribution in [0.15, 0.2) is 97.2 Å². The quantitative estimate of drug-likeness (QED) is 0.0105. The van der Waals surface area contributed by atoms with E-state index in [0.29, 0.717) is 89.6 Å². The van der Waals surface area contributed by atoms with E-state index in [0.717, 1.165) is 77.7 Å². The lowest BCUT2D eigenvalue weighted by Crippen LogP contribution is -2.54. The van der Waals surface area contributed by atoms with Gasteiger partial charge < -0.3 is 56.3 Å². The van der Waals surface area contributed by atoms with Crippen molar-refractivity contribution < 1.29 is 72.1 Å². The molecule has 0 spiro atoms. The summed E-state index contributed by atoms with van der Waals surface area (Å²) in [4.78, 5) is 150. The minimum Gasteiger partial charge on any atom is -0.476 e. The van der Waals surface area contributed by atoms with Crippen LogP contribution >= 0.6 is 18.9 Å². The molecule has 5 heterocycles. The molecule has 104 heavy (non-hydrogen) atoms. The number of unbranched alkanes of at least 4 members (excludes halogenated alkanes) is 2. The number of primary amides is 1. The zero-order valence-corrected chi connectivity index (χ0v) is 61.2. The van der Waals surface area contributed by atoms with E-state index in [-0.39, 0.29) is 98.9 Å². The number of urea groups is 2. The number of hydrogen-bond acceptors (Lipinski definition) is 16. The number of amides is 10. The number of benzene rings is 3. The van der Waals surface area contributed by atoms with Crippen molar-refractivity contribution in [2.24, 2.45) is 22.5 Å². The zero-order valence-electron chi connectivity index (χ0n) is 59.5. The number of thiazole rings is 1. The molecule has 556 valence electrons. The van der Waals surface area contributed by atoms with Gasteiger partial charge in [0.15, 0.2) is 10.8 Å². The second-order valence-corrected chi connectivity index (χ2v) is 31.6. The first-order valence-corrected chi connectivity index (χ1v) is 38.2. The predicted octanol–water partition coefficient (Wildman–Crippen LogP) is 10.4. The highest BCUT2D eigenvalue weighted by molar-refractivity contribution is 7.51. The highest BCUT2D eigenvalue weighted by Gasteiger charge is 2.53. The summed E-state index contributed by atoms with van der Waals surface area (Å²) in [7, 11) is -4.58. The van der Waals surface area contributed by atoms with E-state index < -0.39 is 67.3 Å². The molecule has 2 fully saturated rings. The first-order valence-electron chi connectivity index (χ1n) is 35.6. The lowest BCUT2D eigenvalue weighted by Gasteiger charge is -2.57. The van der Waals surface area contributed by atoms with Gasteiger partial charge in [0.05, 0.1) is 40.5 Å². The summed E-state index contributed by atoms with van der Waals surface area (Å²) < 4.78 is 27.9. The number of fused-ring (bicyclic) bond motifs is 4. The molecular weight excluding hydrogens is 1370 g/mol. The van der Waals surface area contributed by atoms with Gasteiger partial charge in [0, 0.05) is 91.6 Å². The fourth-order valence-corrected chi connectivity index (χ4v) is 16.6. The number of hydrogen-bond donors (Lipinski definition) is 9. The van der Waals surface area contributed by atoms with Gasteiger partial charge in [-0.1, -0.05) is 88.3 Å². The van der Waals surface area contributed by atoms with Gasteiger partial charge in [0.2, 0.25) is 17.7 Å². The molecule has 2 aliphatic carbocycles. The van der Waals surface area contributed by atoms with E-state index in [1.165, 1.54) is 28.4 Å². The molecule has 28 nitrogen and oxygen atoms in total. The molecule has 4 aliphatic rings. The normalized spacial score (nSPS) is 19.1. The van der Waals surface area contributed by atoms with Crippen LogP contribution in [-0.2, 0) is 57.6 Å². The summed E-state index contributed by atoms with van der Waals surface area (Å²) in [5.74, 6) is -3.95. The second-order valence-electron chi connectivity index (χ2n) is 28.8. The first-order chi connectivity index (χ1) is 49.5. The Labute approximate surface area is 607 Å². The van der Waals surface area contributed by atoms with Gasteiger partial charge in [0.1, 0.15) is 18.7 Å². The third-order valence-corrected chi connectivity index (χ3v) is 21.7. The van der Waals surface area contributed by atoms with Crippen LogP contribution in [-0.4, -0.2) is 161 Å². The third kappa shape index (κ3) is 20.3. The summed E-state index contributed by atoms with van der Waals surface area (Å²) in [5.41, 5.74) is 10.6. The van der Waals surface area contributed by atoms with E-state index in [1.807, 2.05) is 54.1 Å². The van der Waals surface area contributed by atoms with Gasteiger partial charge in [-0.2, -0.15) is 5.10 Å². The lowest BCUT2D eigenvalue weighted by atomic mass is 9.51.